The summed E-state index contributed by atoms with van der Waals surface area (Å²) in [6, 6.07) is 7.90. The van der Waals surface area contributed by atoms with E-state index in [2.05, 4.69) is 32.9 Å². The van der Waals surface area contributed by atoms with E-state index < -0.39 is 7.37 Å². The molecule has 2 nitrogen and oxygen atoms in total. The van der Waals surface area contributed by atoms with Crippen LogP contribution < -0.4 is 5.30 Å². The molecule has 0 aliphatic carbocycles. The zero-order valence-corrected chi connectivity index (χ0v) is 22.0. The molecule has 0 heterocycles. The average molecular weight is 525 g/mol. The van der Waals surface area contributed by atoms with E-state index in [1.165, 1.54) is 50.5 Å². The van der Waals surface area contributed by atoms with E-state index in [0.29, 0.717) is 17.4 Å². The quantitative estimate of drug-likeness (QED) is 0.196. The Labute approximate surface area is 201 Å². The first kappa shape index (κ1) is 27.8. The van der Waals surface area contributed by atoms with Gasteiger partial charge < -0.3 is 4.89 Å². The van der Waals surface area contributed by atoms with Crippen LogP contribution in [0, 0.1) is 46.8 Å². The molecule has 0 aliphatic rings. The van der Waals surface area contributed by atoms with Gasteiger partial charge in [-0.15, -0.1) is 0 Å². The average Bonchev–Trinajstić information content (AvgIpc) is 2.64. The van der Waals surface area contributed by atoms with Gasteiger partial charge in [-0.2, -0.15) is 0 Å². The van der Waals surface area contributed by atoms with Crippen molar-refractivity contribution in [2.45, 2.75) is 97.8 Å². The van der Waals surface area contributed by atoms with Gasteiger partial charge in [0.2, 0.25) is 7.37 Å². The molecule has 0 aliphatic heterocycles. The zero-order chi connectivity index (χ0) is 19.3. The topological polar surface area (TPSA) is 37.3 Å². The summed E-state index contributed by atoms with van der Waals surface area (Å²) in [6.45, 7) is 6.56. The van der Waals surface area contributed by atoms with Crippen molar-refractivity contribution in [1.82, 2.24) is 0 Å². The fraction of sp³-hybridized carbons (Fsp3) is 0.739. The van der Waals surface area contributed by atoms with Crippen molar-refractivity contribution in [2.24, 2.45) is 5.92 Å². The van der Waals surface area contributed by atoms with Gasteiger partial charge in [0, 0.05) is 52.3 Å². The molecule has 0 spiro atoms. The largest absolute Gasteiger partial charge is 0.341 e. The molecule has 1 aromatic rings. The van der Waals surface area contributed by atoms with Crippen LogP contribution in [0.25, 0.3) is 0 Å². The van der Waals surface area contributed by atoms with Gasteiger partial charge in [0.1, 0.15) is 0 Å². The molecule has 0 saturated carbocycles. The van der Waals surface area contributed by atoms with E-state index in [9.17, 15) is 9.46 Å². The van der Waals surface area contributed by atoms with Gasteiger partial charge in [0.15, 0.2) is 0 Å². The Kier molecular flexibility index (Phi) is 17.0. The fourth-order valence-corrected chi connectivity index (χ4v) is 5.52. The second-order valence-corrected chi connectivity index (χ2v) is 10.1. The maximum Gasteiger partial charge on any atom is 0.229 e. The Balaban J connectivity index is 0.00000676. The van der Waals surface area contributed by atoms with Crippen LogP contribution in [0.5, 0.6) is 0 Å². The standard InChI is InChI=1S/C23H41O2P.Nd/c1-4-7-9-10-11-12-13-15-22-16-18-23(19-17-22)26(24,25)20-21(6-3)14-8-5-2;/h16-19,21H,4-15,20H2,1-3H3,(H,24,25);. The molecule has 0 aromatic heterocycles. The van der Waals surface area contributed by atoms with Crippen LogP contribution in [0.3, 0.4) is 0 Å². The summed E-state index contributed by atoms with van der Waals surface area (Å²) in [5.41, 5.74) is 1.29. The minimum absolute atomic E-state index is 0. The predicted octanol–water partition coefficient (Wildman–Crippen LogP) is 7.09. The van der Waals surface area contributed by atoms with E-state index in [1.54, 1.807) is 0 Å². The van der Waals surface area contributed by atoms with Crippen LogP contribution >= 0.6 is 7.37 Å². The molecule has 0 radical (unpaired) electrons. The summed E-state index contributed by atoms with van der Waals surface area (Å²) in [6.07, 6.45) is 15.1. The molecule has 0 amide bonds. The van der Waals surface area contributed by atoms with Crippen LogP contribution in [-0.2, 0) is 11.0 Å². The minimum Gasteiger partial charge on any atom is -0.341 e. The first-order valence-electron chi connectivity index (χ1n) is 10.9. The summed E-state index contributed by atoms with van der Waals surface area (Å²) >= 11 is 0. The van der Waals surface area contributed by atoms with E-state index in [4.69, 9.17) is 0 Å². The van der Waals surface area contributed by atoms with Gasteiger partial charge in [-0.05, 0) is 42.9 Å². The number of unbranched alkanes of at least 4 members (excludes halogenated alkanes) is 7. The van der Waals surface area contributed by atoms with E-state index in [0.717, 1.165) is 32.1 Å². The van der Waals surface area contributed by atoms with Crippen molar-refractivity contribution < 1.29 is 50.3 Å². The number of aryl methyl sites for hydroxylation is 1. The Morgan fingerprint density at radius 3 is 1.96 bits per heavy atom. The summed E-state index contributed by atoms with van der Waals surface area (Å²) in [5.74, 6) is 0.359. The van der Waals surface area contributed by atoms with Gasteiger partial charge in [0.25, 0.3) is 0 Å². The molecule has 4 heteroatoms. The van der Waals surface area contributed by atoms with Crippen LogP contribution in [-0.4, -0.2) is 11.1 Å². The van der Waals surface area contributed by atoms with Crippen LogP contribution in [0.4, 0.5) is 0 Å². The maximum absolute atomic E-state index is 12.8. The van der Waals surface area contributed by atoms with Gasteiger partial charge in [-0.3, -0.25) is 4.57 Å². The molecule has 2 unspecified atom stereocenters. The number of rotatable bonds is 15. The van der Waals surface area contributed by atoms with Gasteiger partial charge in [0.05, 0.1) is 0 Å². The van der Waals surface area contributed by atoms with Crippen LogP contribution in [0.15, 0.2) is 24.3 Å². The van der Waals surface area contributed by atoms with Gasteiger partial charge >= 0.3 is 0 Å². The Hall–Kier alpha value is 0.761. The number of benzene rings is 1. The van der Waals surface area contributed by atoms with Crippen LogP contribution in [0.1, 0.15) is 97.0 Å². The van der Waals surface area contributed by atoms with E-state index in [-0.39, 0.29) is 40.8 Å². The Morgan fingerprint density at radius 1 is 0.852 bits per heavy atom. The third-order valence-corrected chi connectivity index (χ3v) is 7.57. The molecule has 0 bridgehead atoms. The summed E-state index contributed by atoms with van der Waals surface area (Å²) in [4.78, 5) is 10.5. The molecule has 1 N–H and O–H groups in total. The second kappa shape index (κ2) is 16.5. The number of hydrogen-bond donors (Lipinski definition) is 1. The van der Waals surface area contributed by atoms with Crippen molar-refractivity contribution >= 4 is 12.7 Å². The Morgan fingerprint density at radius 2 is 1.41 bits per heavy atom. The predicted molar refractivity (Wildman–Crippen MR) is 116 cm³/mol. The smallest absolute Gasteiger partial charge is 0.229 e. The van der Waals surface area contributed by atoms with Crippen molar-refractivity contribution in [3.63, 3.8) is 0 Å². The molecular weight excluding hydrogens is 483 g/mol. The maximum atomic E-state index is 12.8. The molecule has 154 valence electrons. The summed E-state index contributed by atoms with van der Waals surface area (Å²) in [5, 5.41) is 0.635. The molecular formula is C23H41NdO2P. The molecule has 0 saturated heterocycles. The van der Waals surface area contributed by atoms with Crippen molar-refractivity contribution in [1.29, 1.82) is 0 Å². The molecule has 1 rings (SSSR count). The number of hydrogen-bond acceptors (Lipinski definition) is 1. The minimum atomic E-state index is -3.23. The third-order valence-electron chi connectivity index (χ3n) is 5.46. The van der Waals surface area contributed by atoms with E-state index in [1.807, 2.05) is 12.1 Å². The zero-order valence-electron chi connectivity index (χ0n) is 17.9. The van der Waals surface area contributed by atoms with Crippen LogP contribution in [0.2, 0.25) is 0 Å². The third kappa shape index (κ3) is 12.1. The molecule has 2 atom stereocenters. The monoisotopic (exact) mass is 522 g/mol. The first-order chi connectivity index (χ1) is 12.5. The summed E-state index contributed by atoms with van der Waals surface area (Å²) in [7, 11) is -3.23. The van der Waals surface area contributed by atoms with Crippen molar-refractivity contribution in [2.75, 3.05) is 6.16 Å². The molecule has 1 aromatic carbocycles. The van der Waals surface area contributed by atoms with Crippen molar-refractivity contribution in [3.05, 3.63) is 29.8 Å². The molecule has 27 heavy (non-hydrogen) atoms. The van der Waals surface area contributed by atoms with Gasteiger partial charge in [-0.25, -0.2) is 0 Å². The van der Waals surface area contributed by atoms with Crippen molar-refractivity contribution in [3.8, 4) is 0 Å². The summed E-state index contributed by atoms with van der Waals surface area (Å²) < 4.78 is 12.8. The molecule has 0 fully saturated rings. The fourth-order valence-electron chi connectivity index (χ4n) is 3.55. The first-order valence-corrected chi connectivity index (χ1v) is 12.8. The Bertz CT molecular complexity index is 516. The second-order valence-electron chi connectivity index (χ2n) is 7.84. The SMILES string of the molecule is CCCCCCCCCc1ccc(P(=O)(O)CC(CC)CCCC)cc1.[Nd]. The van der Waals surface area contributed by atoms with E-state index >= 15 is 0 Å². The van der Waals surface area contributed by atoms with Gasteiger partial charge in [-0.1, -0.05) is 90.7 Å². The normalized spacial score (nSPS) is 14.4.